The van der Waals surface area contributed by atoms with Crippen LogP contribution in [0, 0.1) is 0 Å². The van der Waals surface area contributed by atoms with Gasteiger partial charge in [-0.3, -0.25) is 0 Å². The molecule has 0 bridgehead atoms. The Balaban J connectivity index is 1.30. The Morgan fingerprint density at radius 3 is 2.14 bits per heavy atom. The molecule has 2 N–H and O–H groups in total. The number of anilines is 1. The lowest BCUT2D eigenvalue weighted by molar-refractivity contribution is 0.209. The second-order valence-corrected chi connectivity index (χ2v) is 11.9. The van der Waals surface area contributed by atoms with E-state index in [0.29, 0.717) is 17.2 Å². The molecule has 4 rings (SSSR count). The minimum Gasteiger partial charge on any atom is -0.497 e. The van der Waals surface area contributed by atoms with E-state index in [-0.39, 0.29) is 6.03 Å². The predicted octanol–water partition coefficient (Wildman–Crippen LogP) is 9.53. The molecular formula is C36H46N4O3S. The summed E-state index contributed by atoms with van der Waals surface area (Å²) in [7, 11) is 3.21. The number of nitrogens with zero attached hydrogens (tertiary/aromatic N) is 2. The molecule has 1 heterocycles. The summed E-state index contributed by atoms with van der Waals surface area (Å²) in [4.78, 5) is 23.8. The molecule has 0 aliphatic heterocycles. The standard InChI is InChI=1S/C36H46N4O3S/c1-4-5-6-7-15-24-40(36(41)37-31-23-22-30(42-2)27-32(31)43-3)25-16-10-17-26-44-35-38-33(28-18-11-8-12-19-28)34(39-35)29-20-13-9-14-21-29/h8-9,11-14,18-23,27H,4-7,10,15-17,24-26H2,1-3H3,(H,37,41)(H,38,39). The zero-order valence-electron chi connectivity index (χ0n) is 26.3. The molecule has 4 aromatic rings. The number of urea groups is 1. The lowest BCUT2D eigenvalue weighted by atomic mass is 10.1. The van der Waals surface area contributed by atoms with Crippen molar-refractivity contribution in [2.45, 2.75) is 63.4 Å². The molecule has 1 aromatic heterocycles. The van der Waals surface area contributed by atoms with Crippen LogP contribution in [0.5, 0.6) is 11.5 Å². The van der Waals surface area contributed by atoms with Gasteiger partial charge in [0.05, 0.1) is 31.3 Å². The molecule has 0 radical (unpaired) electrons. The summed E-state index contributed by atoms with van der Waals surface area (Å²) in [6.07, 6.45) is 8.84. The minimum atomic E-state index is -0.0872. The Morgan fingerprint density at radius 1 is 0.818 bits per heavy atom. The van der Waals surface area contributed by atoms with Gasteiger partial charge in [0.25, 0.3) is 0 Å². The van der Waals surface area contributed by atoms with Gasteiger partial charge < -0.3 is 24.7 Å². The van der Waals surface area contributed by atoms with Crippen LogP contribution >= 0.6 is 11.8 Å². The maximum atomic E-state index is 13.3. The number of unbranched alkanes of at least 4 members (excludes halogenated alkanes) is 6. The topological polar surface area (TPSA) is 79.5 Å². The van der Waals surface area contributed by atoms with Gasteiger partial charge in [0.1, 0.15) is 11.5 Å². The SMILES string of the molecule is CCCCCCCN(CCCCCSc1nc(-c2ccccc2)c(-c2ccccc2)[nH]1)C(=O)Nc1ccc(OC)cc1OC. The van der Waals surface area contributed by atoms with E-state index >= 15 is 0 Å². The Bertz CT molecular complexity index is 1350. The van der Waals surface area contributed by atoms with E-state index in [1.54, 1.807) is 32.0 Å². The first-order valence-corrected chi connectivity index (χ1v) is 16.7. The summed E-state index contributed by atoms with van der Waals surface area (Å²) >= 11 is 1.76. The number of ether oxygens (including phenoxy) is 2. The van der Waals surface area contributed by atoms with Gasteiger partial charge in [0, 0.05) is 36.0 Å². The molecule has 2 amide bonds. The molecule has 0 saturated carbocycles. The van der Waals surface area contributed by atoms with Crippen molar-refractivity contribution < 1.29 is 14.3 Å². The zero-order valence-corrected chi connectivity index (χ0v) is 27.1. The fraction of sp³-hybridized carbons (Fsp3) is 0.389. The van der Waals surface area contributed by atoms with Crippen molar-refractivity contribution >= 4 is 23.5 Å². The molecule has 0 aliphatic carbocycles. The number of nitrogens with one attached hydrogen (secondary N) is 2. The number of methoxy groups -OCH3 is 2. The second kappa shape index (κ2) is 18.0. The highest BCUT2D eigenvalue weighted by Gasteiger charge is 2.17. The Morgan fingerprint density at radius 2 is 1.48 bits per heavy atom. The van der Waals surface area contributed by atoms with Gasteiger partial charge in [0.2, 0.25) is 0 Å². The molecular weight excluding hydrogens is 568 g/mol. The van der Waals surface area contributed by atoms with Crippen LogP contribution in [0.3, 0.4) is 0 Å². The lowest BCUT2D eigenvalue weighted by Gasteiger charge is -2.24. The first-order chi connectivity index (χ1) is 21.6. The number of hydrogen-bond donors (Lipinski definition) is 2. The molecule has 234 valence electrons. The Kier molecular flexibility index (Phi) is 13.5. The van der Waals surface area contributed by atoms with Crippen molar-refractivity contribution in [1.29, 1.82) is 0 Å². The van der Waals surface area contributed by atoms with Crippen molar-refractivity contribution in [3.63, 3.8) is 0 Å². The number of aromatic nitrogens is 2. The summed E-state index contributed by atoms with van der Waals surface area (Å²) in [6, 6.07) is 26.1. The smallest absolute Gasteiger partial charge is 0.321 e. The van der Waals surface area contributed by atoms with Gasteiger partial charge >= 0.3 is 6.03 Å². The Hall–Kier alpha value is -3.91. The van der Waals surface area contributed by atoms with Crippen molar-refractivity contribution in [3.05, 3.63) is 78.9 Å². The van der Waals surface area contributed by atoms with Crippen LogP contribution < -0.4 is 14.8 Å². The maximum absolute atomic E-state index is 13.3. The van der Waals surface area contributed by atoms with Crippen molar-refractivity contribution in [3.8, 4) is 34.0 Å². The largest absolute Gasteiger partial charge is 0.497 e. The van der Waals surface area contributed by atoms with E-state index in [1.807, 2.05) is 41.3 Å². The molecule has 8 heteroatoms. The molecule has 7 nitrogen and oxygen atoms in total. The maximum Gasteiger partial charge on any atom is 0.321 e. The molecule has 3 aromatic carbocycles. The summed E-state index contributed by atoms with van der Waals surface area (Å²) in [5.74, 6) is 2.23. The number of thioether (sulfide) groups is 1. The van der Waals surface area contributed by atoms with Crippen LogP contribution in [0.2, 0.25) is 0 Å². The molecule has 0 fully saturated rings. The van der Waals surface area contributed by atoms with Gasteiger partial charge in [0.15, 0.2) is 5.16 Å². The van der Waals surface area contributed by atoms with E-state index in [4.69, 9.17) is 14.5 Å². The third kappa shape index (κ3) is 9.81. The minimum absolute atomic E-state index is 0.0872. The van der Waals surface area contributed by atoms with E-state index < -0.39 is 0 Å². The average molecular weight is 615 g/mol. The number of carbonyl (C=O) groups excluding carboxylic acids is 1. The lowest BCUT2D eigenvalue weighted by Crippen LogP contribution is -2.36. The van der Waals surface area contributed by atoms with Gasteiger partial charge in [-0.25, -0.2) is 9.78 Å². The molecule has 0 unspecified atom stereocenters. The highest BCUT2D eigenvalue weighted by Crippen LogP contribution is 2.33. The van der Waals surface area contributed by atoms with Crippen LogP contribution in [0.1, 0.15) is 58.3 Å². The van der Waals surface area contributed by atoms with Gasteiger partial charge in [-0.2, -0.15) is 0 Å². The highest BCUT2D eigenvalue weighted by atomic mass is 32.2. The van der Waals surface area contributed by atoms with Gasteiger partial charge in [-0.05, 0) is 31.4 Å². The normalized spacial score (nSPS) is 10.9. The average Bonchev–Trinajstić information content (AvgIpc) is 3.50. The second-order valence-electron chi connectivity index (χ2n) is 10.8. The number of imidazole rings is 1. The number of rotatable bonds is 18. The molecule has 0 saturated heterocycles. The highest BCUT2D eigenvalue weighted by molar-refractivity contribution is 7.99. The number of carbonyl (C=O) groups is 1. The van der Waals surface area contributed by atoms with E-state index in [2.05, 4.69) is 53.6 Å². The van der Waals surface area contributed by atoms with Crippen molar-refractivity contribution in [2.24, 2.45) is 0 Å². The predicted molar refractivity (Wildman–Crippen MR) is 183 cm³/mol. The van der Waals surface area contributed by atoms with Crippen LogP contribution in [0.25, 0.3) is 22.5 Å². The number of benzene rings is 3. The third-order valence-corrected chi connectivity index (χ3v) is 8.53. The first kappa shape index (κ1) is 33.0. The van der Waals surface area contributed by atoms with Crippen molar-refractivity contribution in [2.75, 3.05) is 38.4 Å². The van der Waals surface area contributed by atoms with Gasteiger partial charge in [-0.15, -0.1) is 0 Å². The van der Waals surface area contributed by atoms with Crippen LogP contribution in [-0.2, 0) is 0 Å². The third-order valence-electron chi connectivity index (χ3n) is 7.57. The fourth-order valence-electron chi connectivity index (χ4n) is 5.11. The molecule has 0 spiro atoms. The first-order valence-electron chi connectivity index (χ1n) is 15.7. The van der Waals surface area contributed by atoms with Gasteiger partial charge in [-0.1, -0.05) is 111 Å². The van der Waals surface area contributed by atoms with E-state index in [9.17, 15) is 4.79 Å². The fourth-order valence-corrected chi connectivity index (χ4v) is 5.98. The summed E-state index contributed by atoms with van der Waals surface area (Å²) in [5, 5.41) is 4.00. The van der Waals surface area contributed by atoms with Crippen LogP contribution in [-0.4, -0.2) is 54.0 Å². The number of amides is 2. The number of hydrogen-bond acceptors (Lipinski definition) is 5. The quantitative estimate of drug-likeness (QED) is 0.0862. The van der Waals surface area contributed by atoms with Crippen LogP contribution in [0.4, 0.5) is 10.5 Å². The summed E-state index contributed by atoms with van der Waals surface area (Å²) in [5.41, 5.74) is 4.91. The van der Waals surface area contributed by atoms with Crippen LogP contribution in [0.15, 0.2) is 84.0 Å². The van der Waals surface area contributed by atoms with Crippen molar-refractivity contribution in [1.82, 2.24) is 14.9 Å². The number of H-pyrrole nitrogens is 1. The molecule has 44 heavy (non-hydrogen) atoms. The molecule has 0 atom stereocenters. The summed E-state index contributed by atoms with van der Waals surface area (Å²) < 4.78 is 10.8. The summed E-state index contributed by atoms with van der Waals surface area (Å²) in [6.45, 7) is 3.69. The monoisotopic (exact) mass is 614 g/mol. The zero-order chi connectivity index (χ0) is 31.0. The van der Waals surface area contributed by atoms with E-state index in [1.165, 1.54) is 19.3 Å². The Labute approximate surface area is 266 Å². The van der Waals surface area contributed by atoms with E-state index in [0.717, 1.165) is 78.6 Å². The molecule has 0 aliphatic rings. The number of aromatic amines is 1.